The number of hydrogen-bond donors (Lipinski definition) is 1. The molecule has 0 bridgehead atoms. The van der Waals surface area contributed by atoms with Crippen LogP contribution in [0.15, 0.2) is 12.5 Å². The minimum absolute atomic E-state index is 0. The quantitative estimate of drug-likeness (QED) is 0.771. The van der Waals surface area contributed by atoms with Gasteiger partial charge in [0.25, 0.3) is 0 Å². The molecule has 0 spiro atoms. The third kappa shape index (κ3) is 2.23. The van der Waals surface area contributed by atoms with Gasteiger partial charge in [0.05, 0.1) is 6.33 Å². The molecule has 1 rings (SSSR count). The molecule has 0 aliphatic carbocycles. The largest absolute Gasteiger partial charge is 0.476 e. The summed E-state index contributed by atoms with van der Waals surface area (Å²) in [5.41, 5.74) is 0.0960. The maximum absolute atomic E-state index is 10.4. The van der Waals surface area contributed by atoms with Gasteiger partial charge in [0, 0.05) is 12.2 Å². The standard InChI is InChI=1S/C7H10N2O2.ClH/c1-5(2)9-3-6(7(10)11)8-4-9;/h3-5H,1-2H3,(H,10,11);1H. The molecule has 0 saturated heterocycles. The van der Waals surface area contributed by atoms with E-state index in [4.69, 9.17) is 5.11 Å². The van der Waals surface area contributed by atoms with Gasteiger partial charge in [-0.2, -0.15) is 0 Å². The molecule has 0 aliphatic rings. The van der Waals surface area contributed by atoms with Gasteiger partial charge in [-0.1, -0.05) is 0 Å². The molecule has 5 heteroatoms. The summed E-state index contributed by atoms with van der Waals surface area (Å²) in [5.74, 6) is -0.982. The normalized spacial score (nSPS) is 9.58. The Bertz CT molecular complexity index is 270. The molecule has 12 heavy (non-hydrogen) atoms. The second-order valence-corrected chi connectivity index (χ2v) is 2.61. The van der Waals surface area contributed by atoms with Gasteiger partial charge >= 0.3 is 5.97 Å². The summed E-state index contributed by atoms with van der Waals surface area (Å²) in [7, 11) is 0. The summed E-state index contributed by atoms with van der Waals surface area (Å²) in [6.45, 7) is 3.93. The zero-order chi connectivity index (χ0) is 8.43. The molecule has 0 atom stereocenters. The van der Waals surface area contributed by atoms with E-state index in [0.717, 1.165) is 0 Å². The maximum atomic E-state index is 10.4. The van der Waals surface area contributed by atoms with E-state index < -0.39 is 5.97 Å². The van der Waals surface area contributed by atoms with Crippen LogP contribution in [0.4, 0.5) is 0 Å². The van der Waals surface area contributed by atoms with Gasteiger partial charge < -0.3 is 9.67 Å². The first-order valence-electron chi connectivity index (χ1n) is 3.38. The number of imidazole rings is 1. The molecule has 1 aromatic heterocycles. The third-order valence-electron chi connectivity index (χ3n) is 1.42. The van der Waals surface area contributed by atoms with Crippen LogP contribution in [0, 0.1) is 0 Å². The fourth-order valence-electron chi connectivity index (χ4n) is 0.730. The highest BCUT2D eigenvalue weighted by Crippen LogP contribution is 2.04. The molecule has 0 amide bonds. The van der Waals surface area contributed by atoms with E-state index in [0.29, 0.717) is 0 Å². The third-order valence-corrected chi connectivity index (χ3v) is 1.42. The molecular formula is C7H11ClN2O2. The first-order chi connectivity index (χ1) is 5.11. The highest BCUT2D eigenvalue weighted by molar-refractivity contribution is 5.85. The van der Waals surface area contributed by atoms with E-state index in [1.54, 1.807) is 4.57 Å². The number of aromatic nitrogens is 2. The fraction of sp³-hybridized carbons (Fsp3) is 0.429. The zero-order valence-electron chi connectivity index (χ0n) is 6.89. The minimum atomic E-state index is -0.982. The molecule has 0 fully saturated rings. The molecule has 0 aliphatic heterocycles. The van der Waals surface area contributed by atoms with E-state index in [2.05, 4.69) is 4.98 Å². The van der Waals surface area contributed by atoms with Crippen molar-refractivity contribution in [1.82, 2.24) is 9.55 Å². The predicted molar refractivity (Wildman–Crippen MR) is 46.8 cm³/mol. The number of rotatable bonds is 2. The van der Waals surface area contributed by atoms with Gasteiger partial charge in [0.2, 0.25) is 0 Å². The molecular weight excluding hydrogens is 180 g/mol. The van der Waals surface area contributed by atoms with Gasteiger partial charge in [-0.15, -0.1) is 12.4 Å². The van der Waals surface area contributed by atoms with Crippen LogP contribution in [0.2, 0.25) is 0 Å². The molecule has 0 aromatic carbocycles. The first kappa shape index (κ1) is 11.0. The predicted octanol–water partition coefficient (Wildman–Crippen LogP) is 1.58. The van der Waals surface area contributed by atoms with Crippen molar-refractivity contribution in [2.75, 3.05) is 0 Å². The van der Waals surface area contributed by atoms with Gasteiger partial charge in [-0.25, -0.2) is 9.78 Å². The van der Waals surface area contributed by atoms with Crippen LogP contribution < -0.4 is 0 Å². The average Bonchev–Trinajstić information content (AvgIpc) is 2.33. The second kappa shape index (κ2) is 4.11. The highest BCUT2D eigenvalue weighted by atomic mass is 35.5. The summed E-state index contributed by atoms with van der Waals surface area (Å²) in [5, 5.41) is 8.50. The summed E-state index contributed by atoms with van der Waals surface area (Å²) >= 11 is 0. The molecule has 1 heterocycles. The Labute approximate surface area is 76.6 Å². The Balaban J connectivity index is 0.00000121. The number of halogens is 1. The molecule has 1 N–H and O–H groups in total. The number of aromatic carboxylic acids is 1. The monoisotopic (exact) mass is 190 g/mol. The summed E-state index contributed by atoms with van der Waals surface area (Å²) in [4.78, 5) is 14.1. The van der Waals surface area contributed by atoms with E-state index >= 15 is 0 Å². The van der Waals surface area contributed by atoms with Crippen molar-refractivity contribution in [1.29, 1.82) is 0 Å². The van der Waals surface area contributed by atoms with Crippen LogP contribution in [0.25, 0.3) is 0 Å². The summed E-state index contributed by atoms with van der Waals surface area (Å²) in [6, 6.07) is 0.260. The Kier molecular flexibility index (Phi) is 3.76. The van der Waals surface area contributed by atoms with Crippen molar-refractivity contribution in [3.8, 4) is 0 Å². The van der Waals surface area contributed by atoms with E-state index in [9.17, 15) is 4.79 Å². The van der Waals surface area contributed by atoms with Crippen LogP contribution >= 0.6 is 12.4 Å². The average molecular weight is 191 g/mol. The van der Waals surface area contributed by atoms with Crippen molar-refractivity contribution in [2.45, 2.75) is 19.9 Å². The first-order valence-corrected chi connectivity index (χ1v) is 3.38. The van der Waals surface area contributed by atoms with Gasteiger partial charge in [-0.05, 0) is 13.8 Å². The number of hydrogen-bond acceptors (Lipinski definition) is 2. The number of carbonyl (C=O) groups is 1. The van der Waals surface area contributed by atoms with Crippen molar-refractivity contribution < 1.29 is 9.90 Å². The van der Waals surface area contributed by atoms with Crippen molar-refractivity contribution in [3.05, 3.63) is 18.2 Å². The molecule has 1 aromatic rings. The lowest BCUT2D eigenvalue weighted by molar-refractivity contribution is 0.0691. The van der Waals surface area contributed by atoms with Crippen molar-refractivity contribution in [2.24, 2.45) is 0 Å². The van der Waals surface area contributed by atoms with Crippen molar-refractivity contribution in [3.63, 3.8) is 0 Å². The zero-order valence-corrected chi connectivity index (χ0v) is 7.71. The van der Waals surface area contributed by atoms with Gasteiger partial charge in [-0.3, -0.25) is 0 Å². The van der Waals surface area contributed by atoms with E-state index in [1.807, 2.05) is 13.8 Å². The number of carboxylic acid groups (broad SMARTS) is 1. The molecule has 68 valence electrons. The minimum Gasteiger partial charge on any atom is -0.476 e. The SMILES string of the molecule is CC(C)n1cnc(C(=O)O)c1.Cl. The number of nitrogens with zero attached hydrogens (tertiary/aromatic N) is 2. The van der Waals surface area contributed by atoms with Crippen LogP contribution in [0.5, 0.6) is 0 Å². The molecule has 4 nitrogen and oxygen atoms in total. The second-order valence-electron chi connectivity index (χ2n) is 2.61. The van der Waals surface area contributed by atoms with Crippen molar-refractivity contribution >= 4 is 18.4 Å². The van der Waals surface area contributed by atoms with E-state index in [1.165, 1.54) is 12.5 Å². The lowest BCUT2D eigenvalue weighted by Gasteiger charge is -2.02. The summed E-state index contributed by atoms with van der Waals surface area (Å²) < 4.78 is 1.75. The topological polar surface area (TPSA) is 55.1 Å². The maximum Gasteiger partial charge on any atom is 0.356 e. The molecule has 0 saturated carbocycles. The summed E-state index contributed by atoms with van der Waals surface area (Å²) in [6.07, 6.45) is 3.04. The Hall–Kier alpha value is -1.03. The smallest absolute Gasteiger partial charge is 0.356 e. The van der Waals surface area contributed by atoms with Crippen LogP contribution in [0.3, 0.4) is 0 Å². The molecule has 0 radical (unpaired) electrons. The highest BCUT2D eigenvalue weighted by Gasteiger charge is 2.06. The van der Waals surface area contributed by atoms with Crippen LogP contribution in [-0.4, -0.2) is 20.6 Å². The lowest BCUT2D eigenvalue weighted by Crippen LogP contribution is -1.98. The van der Waals surface area contributed by atoms with Gasteiger partial charge in [0.15, 0.2) is 5.69 Å². The lowest BCUT2D eigenvalue weighted by atomic mass is 10.4. The Morgan fingerprint density at radius 3 is 2.50 bits per heavy atom. The van der Waals surface area contributed by atoms with Gasteiger partial charge in [0.1, 0.15) is 0 Å². The Morgan fingerprint density at radius 1 is 1.67 bits per heavy atom. The fourth-order valence-corrected chi connectivity index (χ4v) is 0.730. The van der Waals surface area contributed by atoms with Crippen LogP contribution in [0.1, 0.15) is 30.4 Å². The Morgan fingerprint density at radius 2 is 2.25 bits per heavy atom. The molecule has 0 unspecified atom stereocenters. The van der Waals surface area contributed by atoms with E-state index in [-0.39, 0.29) is 24.1 Å². The number of carboxylic acids is 1. The van der Waals surface area contributed by atoms with Crippen LogP contribution in [-0.2, 0) is 0 Å².